The van der Waals surface area contributed by atoms with Gasteiger partial charge in [0.05, 0.1) is 16.5 Å². The second-order valence-corrected chi connectivity index (χ2v) is 3.79. The van der Waals surface area contributed by atoms with Crippen LogP contribution < -0.4 is 10.5 Å². The van der Waals surface area contributed by atoms with E-state index in [1.54, 1.807) is 19.2 Å². The van der Waals surface area contributed by atoms with E-state index in [9.17, 15) is 4.21 Å². The van der Waals surface area contributed by atoms with Crippen molar-refractivity contribution in [2.75, 3.05) is 12.8 Å². The summed E-state index contributed by atoms with van der Waals surface area (Å²) in [6, 6.07) is 6.60. The van der Waals surface area contributed by atoms with Crippen LogP contribution in [0, 0.1) is 11.3 Å². The summed E-state index contributed by atoms with van der Waals surface area (Å²) >= 11 is 0. The molecule has 68 valence electrons. The molecular weight excluding hydrogens is 186 g/mol. The monoisotopic (exact) mass is 195 g/mol. The van der Waals surface area contributed by atoms with Crippen molar-refractivity contribution >= 4 is 16.7 Å². The van der Waals surface area contributed by atoms with Crippen LogP contribution in [-0.4, -0.2) is 11.3 Å². The van der Waals surface area contributed by atoms with Crippen molar-refractivity contribution in [3.63, 3.8) is 0 Å². The lowest BCUT2D eigenvalue weighted by molar-refractivity contribution is 0.678. The number of nitriles is 1. The van der Waals surface area contributed by atoms with E-state index in [2.05, 4.69) is 4.72 Å². The summed E-state index contributed by atoms with van der Waals surface area (Å²) in [5.74, 6) is 0. The van der Waals surface area contributed by atoms with E-state index in [1.807, 2.05) is 6.07 Å². The minimum absolute atomic E-state index is 0.415. The Balaban J connectivity index is 3.17. The molecule has 0 saturated carbocycles. The summed E-state index contributed by atoms with van der Waals surface area (Å²) in [5, 5.41) is 8.62. The van der Waals surface area contributed by atoms with Crippen molar-refractivity contribution in [2.45, 2.75) is 4.90 Å². The molecule has 0 amide bonds. The van der Waals surface area contributed by atoms with E-state index >= 15 is 0 Å². The fourth-order valence-electron chi connectivity index (χ4n) is 0.912. The summed E-state index contributed by atoms with van der Waals surface area (Å²) in [7, 11) is 0.281. The number of benzene rings is 1. The van der Waals surface area contributed by atoms with Crippen LogP contribution in [0.25, 0.3) is 0 Å². The summed E-state index contributed by atoms with van der Waals surface area (Å²) in [4.78, 5) is 0.513. The molecule has 0 aliphatic heterocycles. The zero-order valence-electron chi connectivity index (χ0n) is 7.07. The third-order valence-electron chi connectivity index (χ3n) is 1.46. The van der Waals surface area contributed by atoms with Crippen molar-refractivity contribution in [1.29, 1.82) is 5.26 Å². The predicted molar refractivity (Wildman–Crippen MR) is 51.0 cm³/mol. The first-order valence-corrected chi connectivity index (χ1v) is 4.72. The average molecular weight is 195 g/mol. The van der Waals surface area contributed by atoms with E-state index in [-0.39, 0.29) is 0 Å². The molecule has 0 saturated heterocycles. The fraction of sp³-hybridized carbons (Fsp3) is 0.125. The van der Waals surface area contributed by atoms with Crippen molar-refractivity contribution < 1.29 is 4.21 Å². The number of nitrogen functional groups attached to an aromatic ring is 1. The largest absolute Gasteiger partial charge is 0.399 e. The topological polar surface area (TPSA) is 78.9 Å². The lowest BCUT2D eigenvalue weighted by Crippen LogP contribution is -2.10. The molecule has 1 unspecified atom stereocenters. The van der Waals surface area contributed by atoms with Gasteiger partial charge in [0.15, 0.2) is 0 Å². The molecule has 1 rings (SSSR count). The first-order valence-electron chi connectivity index (χ1n) is 3.57. The average Bonchev–Trinajstić information content (AvgIpc) is 2.15. The molecule has 0 bridgehead atoms. The van der Waals surface area contributed by atoms with Gasteiger partial charge in [-0.2, -0.15) is 5.26 Å². The zero-order chi connectivity index (χ0) is 9.84. The van der Waals surface area contributed by atoms with Crippen molar-refractivity contribution in [1.82, 2.24) is 4.72 Å². The Morgan fingerprint density at radius 2 is 2.23 bits per heavy atom. The van der Waals surface area contributed by atoms with Gasteiger partial charge in [-0.25, -0.2) is 8.93 Å². The molecule has 1 atom stereocenters. The Morgan fingerprint density at radius 1 is 1.54 bits per heavy atom. The van der Waals surface area contributed by atoms with Crippen LogP contribution in [0.3, 0.4) is 0 Å². The maximum atomic E-state index is 11.3. The molecule has 5 heteroatoms. The Hall–Kier alpha value is -1.38. The lowest BCUT2D eigenvalue weighted by Gasteiger charge is -2.01. The summed E-state index contributed by atoms with van der Waals surface area (Å²) in [6.45, 7) is 0. The molecule has 0 aliphatic carbocycles. The van der Waals surface area contributed by atoms with E-state index in [4.69, 9.17) is 11.0 Å². The smallest absolute Gasteiger partial charge is 0.124 e. The van der Waals surface area contributed by atoms with Crippen molar-refractivity contribution in [3.05, 3.63) is 23.8 Å². The van der Waals surface area contributed by atoms with Crippen LogP contribution >= 0.6 is 0 Å². The molecule has 4 nitrogen and oxygen atoms in total. The highest BCUT2D eigenvalue weighted by Gasteiger charge is 2.03. The molecule has 3 N–H and O–H groups in total. The molecule has 0 spiro atoms. The first-order chi connectivity index (χ1) is 6.17. The highest BCUT2D eigenvalue weighted by atomic mass is 32.2. The fourth-order valence-corrected chi connectivity index (χ4v) is 1.62. The van der Waals surface area contributed by atoms with Crippen LogP contribution in [-0.2, 0) is 11.0 Å². The van der Waals surface area contributed by atoms with Crippen molar-refractivity contribution in [2.24, 2.45) is 0 Å². The minimum Gasteiger partial charge on any atom is -0.399 e. The van der Waals surface area contributed by atoms with Gasteiger partial charge < -0.3 is 5.73 Å². The van der Waals surface area contributed by atoms with Crippen LogP contribution in [0.4, 0.5) is 5.69 Å². The quantitative estimate of drug-likeness (QED) is 0.670. The molecule has 13 heavy (non-hydrogen) atoms. The first kappa shape index (κ1) is 9.71. The predicted octanol–water partition coefficient (Wildman–Crippen LogP) is 0.382. The highest BCUT2D eigenvalue weighted by molar-refractivity contribution is 7.83. The summed E-state index contributed by atoms with van der Waals surface area (Å²) in [6.07, 6.45) is 0. The molecule has 0 heterocycles. The van der Waals surface area contributed by atoms with Gasteiger partial charge in [0.25, 0.3) is 0 Å². The number of rotatable bonds is 2. The third-order valence-corrected chi connectivity index (χ3v) is 2.49. The Kier molecular flexibility index (Phi) is 3.01. The lowest BCUT2D eigenvalue weighted by atomic mass is 10.2. The Bertz CT molecular complexity index is 383. The molecule has 0 aliphatic rings. The van der Waals surface area contributed by atoms with Crippen molar-refractivity contribution in [3.8, 4) is 6.07 Å². The second kappa shape index (κ2) is 4.03. The summed E-state index contributed by atoms with van der Waals surface area (Å²) in [5.41, 5.74) is 6.37. The maximum Gasteiger partial charge on any atom is 0.124 e. The molecular formula is C8H9N3OS. The highest BCUT2D eigenvalue weighted by Crippen LogP contribution is 2.13. The van der Waals surface area contributed by atoms with E-state index in [0.29, 0.717) is 16.1 Å². The van der Waals surface area contributed by atoms with Gasteiger partial charge in [-0.1, -0.05) is 0 Å². The van der Waals surface area contributed by atoms with Gasteiger partial charge in [0.2, 0.25) is 0 Å². The van der Waals surface area contributed by atoms with Gasteiger partial charge >= 0.3 is 0 Å². The number of anilines is 1. The standard InChI is InChI=1S/C8H9N3OS/c1-11-13(12)8-3-6(5-9)2-7(10)4-8/h2-4,11H,10H2,1H3. The molecule has 0 radical (unpaired) electrons. The number of nitrogens with zero attached hydrogens (tertiary/aromatic N) is 1. The van der Waals surface area contributed by atoms with Crippen LogP contribution in [0.2, 0.25) is 0 Å². The molecule has 0 fully saturated rings. The second-order valence-electron chi connectivity index (χ2n) is 2.38. The van der Waals surface area contributed by atoms with Crippen LogP contribution in [0.15, 0.2) is 23.1 Å². The number of nitrogens with one attached hydrogen (secondary N) is 1. The normalized spacial score (nSPS) is 12.0. The Morgan fingerprint density at radius 3 is 2.77 bits per heavy atom. The third kappa shape index (κ3) is 2.28. The zero-order valence-corrected chi connectivity index (χ0v) is 7.89. The van der Waals surface area contributed by atoms with E-state index in [0.717, 1.165) is 0 Å². The van der Waals surface area contributed by atoms with Crippen LogP contribution in [0.5, 0.6) is 0 Å². The maximum absolute atomic E-state index is 11.3. The van der Waals surface area contributed by atoms with Gasteiger partial charge in [-0.15, -0.1) is 0 Å². The molecule has 1 aromatic rings. The number of nitrogens with two attached hydrogens (primary N) is 1. The molecule has 1 aromatic carbocycles. The van der Waals surface area contributed by atoms with Gasteiger partial charge in [0.1, 0.15) is 11.0 Å². The number of hydrogen-bond acceptors (Lipinski definition) is 3. The molecule has 0 aromatic heterocycles. The number of hydrogen-bond donors (Lipinski definition) is 2. The Labute approximate surface area is 79.0 Å². The van der Waals surface area contributed by atoms with Gasteiger partial charge in [-0.05, 0) is 25.2 Å². The minimum atomic E-state index is -1.29. The van der Waals surface area contributed by atoms with E-state index < -0.39 is 11.0 Å². The SMILES string of the molecule is CNS(=O)c1cc(N)cc(C#N)c1. The van der Waals surface area contributed by atoms with Gasteiger partial charge in [-0.3, -0.25) is 0 Å². The van der Waals surface area contributed by atoms with E-state index in [1.165, 1.54) is 6.07 Å². The van der Waals surface area contributed by atoms with Crippen LogP contribution in [0.1, 0.15) is 5.56 Å². The summed E-state index contributed by atoms with van der Waals surface area (Å²) < 4.78 is 13.8. The van der Waals surface area contributed by atoms with Gasteiger partial charge in [0, 0.05) is 5.69 Å².